The molecule has 1 rings (SSSR count). The Morgan fingerprint density at radius 1 is 1.15 bits per heavy atom. The summed E-state index contributed by atoms with van der Waals surface area (Å²) in [7, 11) is 0. The molecule has 0 bridgehead atoms. The van der Waals surface area contributed by atoms with Gasteiger partial charge >= 0.3 is 5.97 Å². The van der Waals surface area contributed by atoms with Crippen molar-refractivity contribution in [2.45, 2.75) is 38.6 Å². The van der Waals surface area contributed by atoms with Gasteiger partial charge in [0.05, 0.1) is 6.61 Å². The summed E-state index contributed by atoms with van der Waals surface area (Å²) in [6.45, 7) is 2.40. The first-order chi connectivity index (χ1) is 12.6. The fourth-order valence-electron chi connectivity index (χ4n) is 2.06. The SMILES string of the molecule is CCCCOC(=O)[C@H](CCSC)NC(=O)CCSC(=O)c1ccccc1. The Kier molecular flexibility index (Phi) is 11.9. The lowest BCUT2D eigenvalue weighted by molar-refractivity contribution is -0.148. The minimum atomic E-state index is -0.623. The fourth-order valence-corrected chi connectivity index (χ4v) is 3.31. The highest BCUT2D eigenvalue weighted by atomic mass is 32.2. The van der Waals surface area contributed by atoms with Crippen LogP contribution in [0.3, 0.4) is 0 Å². The van der Waals surface area contributed by atoms with E-state index in [1.165, 1.54) is 0 Å². The topological polar surface area (TPSA) is 72.5 Å². The van der Waals surface area contributed by atoms with Crippen molar-refractivity contribution in [2.75, 3.05) is 24.4 Å². The minimum Gasteiger partial charge on any atom is -0.464 e. The van der Waals surface area contributed by atoms with Gasteiger partial charge in [-0.05, 0) is 24.9 Å². The highest BCUT2D eigenvalue weighted by Crippen LogP contribution is 2.13. The Morgan fingerprint density at radius 2 is 1.88 bits per heavy atom. The van der Waals surface area contributed by atoms with Gasteiger partial charge in [-0.3, -0.25) is 9.59 Å². The lowest BCUT2D eigenvalue weighted by atomic mass is 10.2. The van der Waals surface area contributed by atoms with Crippen molar-refractivity contribution in [2.24, 2.45) is 0 Å². The largest absolute Gasteiger partial charge is 0.464 e. The van der Waals surface area contributed by atoms with Crippen molar-refractivity contribution < 1.29 is 19.1 Å². The maximum atomic E-state index is 12.1. The van der Waals surface area contributed by atoms with Crippen LogP contribution in [0.25, 0.3) is 0 Å². The van der Waals surface area contributed by atoms with Gasteiger partial charge in [-0.1, -0.05) is 55.4 Å². The zero-order valence-corrected chi connectivity index (χ0v) is 17.0. The lowest BCUT2D eigenvalue weighted by Crippen LogP contribution is -2.42. The molecule has 0 saturated heterocycles. The average molecular weight is 398 g/mol. The number of carbonyl (C=O) groups is 3. The highest BCUT2D eigenvalue weighted by Gasteiger charge is 2.21. The number of ether oxygens (including phenoxy) is 1. The van der Waals surface area contributed by atoms with E-state index in [9.17, 15) is 14.4 Å². The molecular formula is C19H27NO4S2. The molecule has 1 N–H and O–H groups in total. The van der Waals surface area contributed by atoms with Crippen LogP contribution in [0.1, 0.15) is 43.0 Å². The van der Waals surface area contributed by atoms with Crippen molar-refractivity contribution in [3.8, 4) is 0 Å². The number of nitrogens with one attached hydrogen (secondary N) is 1. The summed E-state index contributed by atoms with van der Waals surface area (Å²) in [5.41, 5.74) is 0.621. The van der Waals surface area contributed by atoms with E-state index in [1.54, 1.807) is 36.0 Å². The van der Waals surface area contributed by atoms with E-state index in [1.807, 2.05) is 19.2 Å². The predicted octanol–water partition coefficient (Wildman–Crippen LogP) is 3.53. The molecule has 5 nitrogen and oxygen atoms in total. The fraction of sp³-hybridized carbons (Fsp3) is 0.526. The molecule has 0 fully saturated rings. The smallest absolute Gasteiger partial charge is 0.328 e. The number of thioether (sulfide) groups is 2. The number of rotatable bonds is 12. The first-order valence-electron chi connectivity index (χ1n) is 8.75. The van der Waals surface area contributed by atoms with Crippen LogP contribution in [0.2, 0.25) is 0 Å². The normalized spacial score (nSPS) is 11.6. The van der Waals surface area contributed by atoms with E-state index in [-0.39, 0.29) is 23.4 Å². The first kappa shape index (κ1) is 22.6. The number of hydrogen-bond acceptors (Lipinski definition) is 6. The average Bonchev–Trinajstić information content (AvgIpc) is 2.65. The molecule has 0 aliphatic heterocycles. The van der Waals surface area contributed by atoms with E-state index in [0.717, 1.165) is 30.4 Å². The van der Waals surface area contributed by atoms with Gasteiger partial charge in [-0.15, -0.1) is 0 Å². The molecule has 0 saturated carbocycles. The van der Waals surface area contributed by atoms with Gasteiger partial charge in [0.2, 0.25) is 11.0 Å². The summed E-state index contributed by atoms with van der Waals surface area (Å²) in [5, 5.41) is 2.68. The van der Waals surface area contributed by atoms with Gasteiger partial charge in [0.1, 0.15) is 6.04 Å². The third-order valence-electron chi connectivity index (χ3n) is 3.54. The minimum absolute atomic E-state index is 0.0590. The van der Waals surface area contributed by atoms with Gasteiger partial charge in [0, 0.05) is 17.7 Å². The number of esters is 1. The van der Waals surface area contributed by atoms with Gasteiger partial charge in [0.25, 0.3) is 0 Å². The van der Waals surface area contributed by atoms with Gasteiger partial charge in [-0.25, -0.2) is 4.79 Å². The molecule has 1 atom stereocenters. The van der Waals surface area contributed by atoms with Crippen LogP contribution in [0, 0.1) is 0 Å². The number of hydrogen-bond donors (Lipinski definition) is 1. The van der Waals surface area contributed by atoms with Crippen LogP contribution in [0.4, 0.5) is 0 Å². The van der Waals surface area contributed by atoms with Crippen molar-refractivity contribution in [3.05, 3.63) is 35.9 Å². The molecule has 1 aromatic rings. The number of amides is 1. The zero-order valence-electron chi connectivity index (χ0n) is 15.4. The van der Waals surface area contributed by atoms with Gasteiger partial charge in [-0.2, -0.15) is 11.8 Å². The predicted molar refractivity (Wildman–Crippen MR) is 109 cm³/mol. The third-order valence-corrected chi connectivity index (χ3v) is 5.09. The van der Waals surface area contributed by atoms with E-state index in [0.29, 0.717) is 24.3 Å². The molecule has 0 unspecified atom stereocenters. The van der Waals surface area contributed by atoms with Crippen LogP contribution < -0.4 is 5.32 Å². The van der Waals surface area contributed by atoms with E-state index < -0.39 is 6.04 Å². The Morgan fingerprint density at radius 3 is 2.54 bits per heavy atom. The summed E-state index contributed by atoms with van der Waals surface area (Å²) in [5.74, 6) is 0.514. The molecule has 0 aliphatic carbocycles. The maximum absolute atomic E-state index is 12.1. The Balaban J connectivity index is 2.40. The van der Waals surface area contributed by atoms with Crippen LogP contribution in [0.15, 0.2) is 30.3 Å². The van der Waals surface area contributed by atoms with Crippen molar-refractivity contribution in [1.82, 2.24) is 5.32 Å². The molecule has 26 heavy (non-hydrogen) atoms. The molecule has 7 heteroatoms. The molecule has 0 aromatic heterocycles. The van der Waals surface area contributed by atoms with Crippen LogP contribution in [0.5, 0.6) is 0 Å². The lowest BCUT2D eigenvalue weighted by Gasteiger charge is -2.17. The second-order valence-electron chi connectivity index (χ2n) is 5.67. The second kappa shape index (κ2) is 13.7. The molecular weight excluding hydrogens is 370 g/mol. The molecule has 144 valence electrons. The summed E-state index contributed by atoms with van der Waals surface area (Å²) in [4.78, 5) is 36.2. The van der Waals surface area contributed by atoms with Crippen molar-refractivity contribution in [1.29, 1.82) is 0 Å². The summed E-state index contributed by atoms with van der Waals surface area (Å²) in [6, 6.07) is 8.34. The first-order valence-corrected chi connectivity index (χ1v) is 11.1. The number of benzene rings is 1. The summed E-state index contributed by atoms with van der Waals surface area (Å²) >= 11 is 2.72. The zero-order chi connectivity index (χ0) is 19.2. The maximum Gasteiger partial charge on any atom is 0.328 e. The van der Waals surface area contributed by atoms with E-state index >= 15 is 0 Å². The van der Waals surface area contributed by atoms with Crippen molar-refractivity contribution >= 4 is 40.5 Å². The van der Waals surface area contributed by atoms with E-state index in [2.05, 4.69) is 5.32 Å². The summed E-state index contributed by atoms with van der Waals surface area (Å²) in [6.07, 6.45) is 4.43. The monoisotopic (exact) mass is 397 g/mol. The molecule has 1 amide bonds. The van der Waals surface area contributed by atoms with Crippen molar-refractivity contribution in [3.63, 3.8) is 0 Å². The van der Waals surface area contributed by atoms with Gasteiger partial charge < -0.3 is 10.1 Å². The molecule has 1 aromatic carbocycles. The van der Waals surface area contributed by atoms with Gasteiger partial charge in [0.15, 0.2) is 0 Å². The van der Waals surface area contributed by atoms with Crippen LogP contribution >= 0.6 is 23.5 Å². The van der Waals surface area contributed by atoms with Crippen LogP contribution in [-0.4, -0.2) is 47.4 Å². The van der Waals surface area contributed by atoms with E-state index in [4.69, 9.17) is 4.74 Å². The Hall–Kier alpha value is -1.47. The Bertz CT molecular complexity index is 566. The molecule has 0 spiro atoms. The number of carbonyl (C=O) groups excluding carboxylic acids is 3. The molecule has 0 radical (unpaired) electrons. The van der Waals surface area contributed by atoms with Crippen LogP contribution in [-0.2, 0) is 14.3 Å². The molecule has 0 heterocycles. The standard InChI is InChI=1S/C19H27NO4S2/c1-3-4-12-24-18(22)16(10-13-25-2)20-17(21)11-14-26-19(23)15-8-6-5-7-9-15/h5-9,16H,3-4,10-14H2,1-2H3,(H,20,21)/t16-/m0/s1. The molecule has 0 aliphatic rings. The summed E-state index contributed by atoms with van der Waals surface area (Å²) < 4.78 is 5.22. The third kappa shape index (κ3) is 9.29. The Labute approximate surface area is 164 Å². The number of unbranched alkanes of at least 4 members (excludes halogenated alkanes) is 1. The second-order valence-corrected chi connectivity index (χ2v) is 7.73. The highest BCUT2D eigenvalue weighted by molar-refractivity contribution is 8.14. The quantitative estimate of drug-likeness (QED) is 0.430.